The van der Waals surface area contributed by atoms with Crippen molar-refractivity contribution < 1.29 is 22.8 Å². The first kappa shape index (κ1) is 17.9. The van der Waals surface area contributed by atoms with Gasteiger partial charge in [-0.15, -0.1) is 0 Å². The molecule has 0 spiro atoms. The van der Waals surface area contributed by atoms with Gasteiger partial charge in [0.2, 0.25) is 5.91 Å². The molecule has 0 aromatic carbocycles. The molecule has 0 radical (unpaired) electrons. The maximum atomic E-state index is 12.6. The second kappa shape index (κ2) is 6.76. The number of hydrogen-bond acceptors (Lipinski definition) is 3. The Morgan fingerprint density at radius 2 is 1.86 bits per heavy atom. The number of carbonyl (C=O) groups is 2. The predicted octanol–water partition coefficient (Wildman–Crippen LogP) is 1.60. The van der Waals surface area contributed by atoms with Gasteiger partial charge in [0.15, 0.2) is 5.78 Å². The minimum Gasteiger partial charge on any atom is -0.344 e. The summed E-state index contributed by atoms with van der Waals surface area (Å²) < 4.78 is 38.5. The number of rotatable bonds is 5. The highest BCUT2D eigenvalue weighted by atomic mass is 19.4. The van der Waals surface area contributed by atoms with Crippen LogP contribution in [0.4, 0.5) is 13.2 Å². The summed E-state index contributed by atoms with van der Waals surface area (Å²) in [6, 6.07) is 0.665. The van der Waals surface area contributed by atoms with Gasteiger partial charge in [-0.2, -0.15) is 13.2 Å². The summed E-state index contributed by atoms with van der Waals surface area (Å²) in [7, 11) is 0. The highest BCUT2D eigenvalue weighted by Crippen LogP contribution is 2.27. The Balaban J connectivity index is 2.93. The number of nitrogens with zero attached hydrogens (tertiary/aromatic N) is 1. The van der Waals surface area contributed by atoms with Crippen molar-refractivity contribution in [2.24, 2.45) is 5.92 Å². The standard InChI is InChI=1S/C14H17F3N2O3/c1-8(2)13(9(3)20)18-11(21)7-19-6-10(14(15,16)17)4-5-12(19)22/h4-6,8,13H,7H2,1-3H3,(H,18,21). The topological polar surface area (TPSA) is 68.2 Å². The number of halogens is 3. The van der Waals surface area contributed by atoms with Crippen molar-refractivity contribution >= 4 is 11.7 Å². The van der Waals surface area contributed by atoms with Crippen LogP contribution in [0, 0.1) is 5.92 Å². The van der Waals surface area contributed by atoms with Crippen LogP contribution in [0.2, 0.25) is 0 Å². The number of pyridine rings is 1. The van der Waals surface area contributed by atoms with E-state index >= 15 is 0 Å². The summed E-state index contributed by atoms with van der Waals surface area (Å²) in [6.07, 6.45) is -4.02. The SMILES string of the molecule is CC(=O)C(NC(=O)Cn1cc(C(F)(F)F)ccc1=O)C(C)C. The molecule has 8 heteroatoms. The third-order valence-electron chi connectivity index (χ3n) is 3.05. The van der Waals surface area contributed by atoms with Crippen LogP contribution in [0.15, 0.2) is 23.1 Å². The molecule has 1 aromatic rings. The van der Waals surface area contributed by atoms with Crippen LogP contribution in [0.25, 0.3) is 0 Å². The monoisotopic (exact) mass is 318 g/mol. The fourth-order valence-electron chi connectivity index (χ4n) is 1.93. The van der Waals surface area contributed by atoms with Gasteiger partial charge in [0.25, 0.3) is 5.56 Å². The Morgan fingerprint density at radius 3 is 2.32 bits per heavy atom. The van der Waals surface area contributed by atoms with Gasteiger partial charge in [-0.1, -0.05) is 13.8 Å². The van der Waals surface area contributed by atoms with E-state index in [1.165, 1.54) is 6.92 Å². The van der Waals surface area contributed by atoms with Crippen molar-refractivity contribution in [2.75, 3.05) is 0 Å². The van der Waals surface area contributed by atoms with E-state index in [0.717, 1.165) is 6.07 Å². The van der Waals surface area contributed by atoms with Crippen molar-refractivity contribution in [1.29, 1.82) is 0 Å². The van der Waals surface area contributed by atoms with Crippen LogP contribution in [0.3, 0.4) is 0 Å². The van der Waals surface area contributed by atoms with Crippen molar-refractivity contribution in [3.05, 3.63) is 34.2 Å². The Bertz CT molecular complexity index is 620. The zero-order chi connectivity index (χ0) is 17.1. The first-order valence-corrected chi connectivity index (χ1v) is 6.60. The Hall–Kier alpha value is -2.12. The second-order valence-corrected chi connectivity index (χ2v) is 5.28. The maximum absolute atomic E-state index is 12.6. The summed E-state index contributed by atoms with van der Waals surface area (Å²) in [4.78, 5) is 34.8. The molecule has 1 aromatic heterocycles. The first-order chi connectivity index (χ1) is 10.0. The van der Waals surface area contributed by atoms with Crippen LogP contribution in [0.1, 0.15) is 26.3 Å². The lowest BCUT2D eigenvalue weighted by atomic mass is 10.0. The number of ketones is 1. The molecular weight excluding hydrogens is 301 g/mol. The Labute approximate surface area is 125 Å². The highest BCUT2D eigenvalue weighted by molar-refractivity contribution is 5.87. The fraction of sp³-hybridized carbons (Fsp3) is 0.500. The number of aromatic nitrogens is 1. The molecule has 1 heterocycles. The summed E-state index contributed by atoms with van der Waals surface area (Å²) >= 11 is 0. The molecule has 0 bridgehead atoms. The molecule has 0 aliphatic rings. The molecule has 0 saturated carbocycles. The third kappa shape index (κ3) is 4.71. The number of amides is 1. The van der Waals surface area contributed by atoms with E-state index in [-0.39, 0.29) is 11.7 Å². The molecule has 1 N–H and O–H groups in total. The van der Waals surface area contributed by atoms with Crippen LogP contribution >= 0.6 is 0 Å². The zero-order valence-electron chi connectivity index (χ0n) is 12.4. The normalized spacial score (nSPS) is 13.0. The van der Waals surface area contributed by atoms with Crippen molar-refractivity contribution in [3.8, 4) is 0 Å². The number of Topliss-reactive ketones (excluding diaryl/α,β-unsaturated/α-hetero) is 1. The summed E-state index contributed by atoms with van der Waals surface area (Å²) in [5.41, 5.74) is -1.75. The van der Waals surface area contributed by atoms with Crippen molar-refractivity contribution in [1.82, 2.24) is 9.88 Å². The van der Waals surface area contributed by atoms with E-state index in [4.69, 9.17) is 0 Å². The van der Waals surface area contributed by atoms with Crippen LogP contribution in [-0.4, -0.2) is 22.3 Å². The van der Waals surface area contributed by atoms with Crippen LogP contribution in [0.5, 0.6) is 0 Å². The molecule has 5 nitrogen and oxygen atoms in total. The second-order valence-electron chi connectivity index (χ2n) is 5.28. The number of carbonyl (C=O) groups excluding carboxylic acids is 2. The van der Waals surface area contributed by atoms with E-state index in [1.807, 2.05) is 0 Å². The van der Waals surface area contributed by atoms with Gasteiger partial charge < -0.3 is 9.88 Å². The molecule has 0 aliphatic heterocycles. The van der Waals surface area contributed by atoms with Gasteiger partial charge in [0, 0.05) is 12.3 Å². The molecule has 1 atom stereocenters. The third-order valence-corrected chi connectivity index (χ3v) is 3.05. The lowest BCUT2D eigenvalue weighted by Crippen LogP contribution is -2.45. The van der Waals surface area contributed by atoms with Crippen LogP contribution < -0.4 is 10.9 Å². The molecule has 122 valence electrons. The van der Waals surface area contributed by atoms with E-state index in [0.29, 0.717) is 16.8 Å². The van der Waals surface area contributed by atoms with Gasteiger partial charge >= 0.3 is 6.18 Å². The zero-order valence-corrected chi connectivity index (χ0v) is 12.4. The molecule has 1 unspecified atom stereocenters. The lowest BCUT2D eigenvalue weighted by molar-refractivity contribution is -0.138. The minimum atomic E-state index is -4.61. The molecule has 0 aliphatic carbocycles. The van der Waals surface area contributed by atoms with Crippen molar-refractivity contribution in [2.45, 2.75) is 39.5 Å². The Morgan fingerprint density at radius 1 is 1.27 bits per heavy atom. The predicted molar refractivity (Wildman–Crippen MR) is 73.2 cm³/mol. The van der Waals surface area contributed by atoms with E-state index in [1.54, 1.807) is 13.8 Å². The molecular formula is C14H17F3N2O3. The minimum absolute atomic E-state index is 0.167. The smallest absolute Gasteiger partial charge is 0.344 e. The molecule has 1 amide bonds. The van der Waals surface area contributed by atoms with Gasteiger partial charge in [-0.3, -0.25) is 14.4 Å². The molecule has 0 fully saturated rings. The van der Waals surface area contributed by atoms with Gasteiger partial charge in [0.05, 0.1) is 11.6 Å². The summed E-state index contributed by atoms with van der Waals surface area (Å²) in [5, 5.41) is 2.42. The van der Waals surface area contributed by atoms with Gasteiger partial charge in [-0.25, -0.2) is 0 Å². The summed E-state index contributed by atoms with van der Waals surface area (Å²) in [6.45, 7) is 4.17. The maximum Gasteiger partial charge on any atom is 0.417 e. The first-order valence-electron chi connectivity index (χ1n) is 6.60. The van der Waals surface area contributed by atoms with E-state index in [2.05, 4.69) is 5.32 Å². The highest BCUT2D eigenvalue weighted by Gasteiger charge is 2.31. The van der Waals surface area contributed by atoms with Crippen molar-refractivity contribution in [3.63, 3.8) is 0 Å². The number of alkyl halides is 3. The lowest BCUT2D eigenvalue weighted by Gasteiger charge is -2.20. The largest absolute Gasteiger partial charge is 0.417 e. The van der Waals surface area contributed by atoms with Gasteiger partial charge in [0.1, 0.15) is 6.54 Å². The molecule has 22 heavy (non-hydrogen) atoms. The number of hydrogen-bond donors (Lipinski definition) is 1. The van der Waals surface area contributed by atoms with E-state index in [9.17, 15) is 27.6 Å². The molecule has 1 rings (SSSR count). The van der Waals surface area contributed by atoms with Crippen LogP contribution in [-0.2, 0) is 22.3 Å². The van der Waals surface area contributed by atoms with E-state index < -0.39 is 35.8 Å². The molecule has 0 saturated heterocycles. The quantitative estimate of drug-likeness (QED) is 0.896. The van der Waals surface area contributed by atoms with Gasteiger partial charge in [-0.05, 0) is 18.9 Å². The average Bonchev–Trinajstić information content (AvgIpc) is 2.36. The summed E-state index contributed by atoms with van der Waals surface area (Å²) in [5.74, 6) is -1.13. The fourth-order valence-corrected chi connectivity index (χ4v) is 1.93. The average molecular weight is 318 g/mol. The number of nitrogens with one attached hydrogen (secondary N) is 1. The Kier molecular flexibility index (Phi) is 5.51.